The minimum atomic E-state index is -2.84. The van der Waals surface area contributed by atoms with E-state index in [1.807, 2.05) is 24.3 Å². The van der Waals surface area contributed by atoms with E-state index in [9.17, 15) is 8.78 Å². The first-order chi connectivity index (χ1) is 15.7. The Bertz CT molecular complexity index is 863. The van der Waals surface area contributed by atoms with Crippen molar-refractivity contribution in [1.82, 2.24) is 10.6 Å². The molecule has 33 heavy (non-hydrogen) atoms. The molecule has 2 saturated heterocycles. The van der Waals surface area contributed by atoms with E-state index in [-0.39, 0.29) is 41.9 Å². The normalized spacial score (nSPS) is 20.7. The van der Waals surface area contributed by atoms with E-state index in [2.05, 4.69) is 15.5 Å². The van der Waals surface area contributed by atoms with Crippen LogP contribution in [0.4, 0.5) is 14.5 Å². The second kappa shape index (κ2) is 13.0. The van der Waals surface area contributed by atoms with Gasteiger partial charge in [0.2, 0.25) is 0 Å². The summed E-state index contributed by atoms with van der Waals surface area (Å²) in [5.74, 6) is 1.85. The van der Waals surface area contributed by atoms with Crippen molar-refractivity contribution in [3.05, 3.63) is 48.4 Å². The van der Waals surface area contributed by atoms with Gasteiger partial charge in [-0.15, -0.1) is 24.0 Å². The molecule has 2 atom stereocenters. The number of halogens is 3. The van der Waals surface area contributed by atoms with Gasteiger partial charge in [0.05, 0.1) is 24.6 Å². The number of hydrogen-bond acceptors (Lipinski definition) is 5. The standard InChI is InChI=1S/C23H30F2N4O3.HI/c24-22(25)32-21-8-2-1-7-20(21)29-12-10-17(16-29)28-23(27-15-19-6-4-14-31-19)26-11-9-18-5-3-13-30-18;/h1-3,5,7-8,13,17,19,22H,4,6,9-12,14-16H2,(H2,26,27,28);1H. The van der Waals surface area contributed by atoms with Crippen molar-refractivity contribution in [1.29, 1.82) is 0 Å². The zero-order valence-electron chi connectivity index (χ0n) is 18.4. The molecule has 10 heteroatoms. The lowest BCUT2D eigenvalue weighted by atomic mass is 10.2. The lowest BCUT2D eigenvalue weighted by Crippen LogP contribution is -2.45. The number of aliphatic imine (C=N–C) groups is 1. The fourth-order valence-corrected chi connectivity index (χ4v) is 4.10. The van der Waals surface area contributed by atoms with Crippen LogP contribution < -0.4 is 20.3 Å². The third-order valence-electron chi connectivity index (χ3n) is 5.67. The molecule has 2 aliphatic heterocycles. The Kier molecular flexibility index (Phi) is 10.0. The van der Waals surface area contributed by atoms with Crippen LogP contribution in [-0.2, 0) is 11.2 Å². The highest BCUT2D eigenvalue weighted by Crippen LogP contribution is 2.31. The Morgan fingerprint density at radius 1 is 1.21 bits per heavy atom. The van der Waals surface area contributed by atoms with Crippen LogP contribution in [0.15, 0.2) is 52.1 Å². The maximum absolute atomic E-state index is 12.8. The van der Waals surface area contributed by atoms with Crippen molar-refractivity contribution in [2.24, 2.45) is 4.99 Å². The van der Waals surface area contributed by atoms with Crippen LogP contribution in [0.5, 0.6) is 5.75 Å². The molecule has 2 fully saturated rings. The van der Waals surface area contributed by atoms with Crippen LogP contribution in [0, 0.1) is 0 Å². The number of nitrogens with zero attached hydrogens (tertiary/aromatic N) is 2. The molecule has 2 aliphatic rings. The highest BCUT2D eigenvalue weighted by atomic mass is 127. The fourth-order valence-electron chi connectivity index (χ4n) is 4.10. The van der Waals surface area contributed by atoms with E-state index in [0.717, 1.165) is 50.6 Å². The van der Waals surface area contributed by atoms with Crippen LogP contribution in [0.25, 0.3) is 0 Å². The molecular weight excluding hydrogens is 545 g/mol. The molecule has 1 aromatic carbocycles. The lowest BCUT2D eigenvalue weighted by Gasteiger charge is -2.23. The van der Waals surface area contributed by atoms with E-state index < -0.39 is 6.61 Å². The lowest BCUT2D eigenvalue weighted by molar-refractivity contribution is -0.0495. The Morgan fingerprint density at radius 2 is 2.09 bits per heavy atom. The van der Waals surface area contributed by atoms with E-state index >= 15 is 0 Å². The van der Waals surface area contributed by atoms with Crippen LogP contribution in [0.2, 0.25) is 0 Å². The summed E-state index contributed by atoms with van der Waals surface area (Å²) in [6.45, 7) is 0.661. The molecule has 0 saturated carbocycles. The molecule has 0 amide bonds. The highest BCUT2D eigenvalue weighted by molar-refractivity contribution is 14.0. The van der Waals surface area contributed by atoms with Gasteiger partial charge in [0.15, 0.2) is 5.96 Å². The van der Waals surface area contributed by atoms with Gasteiger partial charge in [0.1, 0.15) is 11.5 Å². The van der Waals surface area contributed by atoms with E-state index in [4.69, 9.17) is 18.9 Å². The summed E-state index contributed by atoms with van der Waals surface area (Å²) in [5, 5.41) is 6.88. The Morgan fingerprint density at radius 3 is 2.85 bits per heavy atom. The van der Waals surface area contributed by atoms with Crippen LogP contribution in [-0.4, -0.2) is 57.5 Å². The van der Waals surface area contributed by atoms with Crippen LogP contribution in [0.3, 0.4) is 0 Å². The predicted molar refractivity (Wildman–Crippen MR) is 134 cm³/mol. The molecule has 1 aromatic heterocycles. The number of alkyl halides is 2. The van der Waals surface area contributed by atoms with Gasteiger partial charge in [0, 0.05) is 38.7 Å². The van der Waals surface area contributed by atoms with Gasteiger partial charge < -0.3 is 29.4 Å². The van der Waals surface area contributed by atoms with Gasteiger partial charge in [-0.1, -0.05) is 12.1 Å². The minimum absolute atomic E-state index is 0. The molecular formula is C23H31F2IN4O3. The predicted octanol–water partition coefficient (Wildman–Crippen LogP) is 4.03. The van der Waals surface area contributed by atoms with Crippen molar-refractivity contribution in [3.8, 4) is 5.75 Å². The Balaban J connectivity index is 0.00000306. The maximum atomic E-state index is 12.8. The number of rotatable bonds is 9. The fraction of sp³-hybridized carbons (Fsp3) is 0.522. The van der Waals surface area contributed by atoms with Gasteiger partial charge in [-0.3, -0.25) is 4.99 Å². The summed E-state index contributed by atoms with van der Waals surface area (Å²) < 4.78 is 41.3. The molecule has 7 nitrogen and oxygen atoms in total. The quantitative estimate of drug-likeness (QED) is 0.267. The molecule has 4 rings (SSSR count). The first-order valence-electron chi connectivity index (χ1n) is 11.1. The topological polar surface area (TPSA) is 71.3 Å². The number of hydrogen-bond donors (Lipinski definition) is 2. The van der Waals surface area contributed by atoms with Crippen molar-refractivity contribution >= 4 is 35.6 Å². The summed E-state index contributed by atoms with van der Waals surface area (Å²) in [7, 11) is 0. The molecule has 182 valence electrons. The first-order valence-corrected chi connectivity index (χ1v) is 11.1. The van der Waals surface area contributed by atoms with Gasteiger partial charge in [-0.25, -0.2) is 0 Å². The number of benzene rings is 1. The van der Waals surface area contributed by atoms with Crippen LogP contribution >= 0.6 is 24.0 Å². The number of anilines is 1. The molecule has 0 bridgehead atoms. The van der Waals surface area contributed by atoms with E-state index in [0.29, 0.717) is 25.3 Å². The third kappa shape index (κ3) is 7.73. The summed E-state index contributed by atoms with van der Waals surface area (Å²) in [4.78, 5) is 6.80. The molecule has 2 N–H and O–H groups in total. The number of ether oxygens (including phenoxy) is 2. The Hall–Kier alpha value is -2.08. The van der Waals surface area contributed by atoms with Crippen molar-refractivity contribution in [2.75, 3.05) is 37.7 Å². The monoisotopic (exact) mass is 576 g/mol. The molecule has 0 radical (unpaired) electrons. The second-order valence-electron chi connectivity index (χ2n) is 8.00. The largest absolute Gasteiger partial charge is 0.469 e. The average Bonchev–Trinajstić information content (AvgIpc) is 3.55. The van der Waals surface area contributed by atoms with Crippen molar-refractivity contribution in [2.45, 2.75) is 44.4 Å². The van der Waals surface area contributed by atoms with Crippen molar-refractivity contribution < 1.29 is 22.7 Å². The highest BCUT2D eigenvalue weighted by Gasteiger charge is 2.26. The summed E-state index contributed by atoms with van der Waals surface area (Å²) in [6, 6.07) is 10.9. The van der Waals surface area contributed by atoms with Crippen LogP contribution in [0.1, 0.15) is 25.0 Å². The minimum Gasteiger partial charge on any atom is -0.469 e. The van der Waals surface area contributed by atoms with E-state index in [1.165, 1.54) is 0 Å². The molecule has 3 heterocycles. The van der Waals surface area contributed by atoms with Gasteiger partial charge in [-0.05, 0) is 43.5 Å². The molecule has 2 aromatic rings. The zero-order valence-corrected chi connectivity index (χ0v) is 20.8. The number of guanidine groups is 1. The third-order valence-corrected chi connectivity index (χ3v) is 5.67. The number of para-hydroxylation sites is 2. The summed E-state index contributed by atoms with van der Waals surface area (Å²) in [5.41, 5.74) is 0.681. The average molecular weight is 576 g/mol. The molecule has 0 aliphatic carbocycles. The smallest absolute Gasteiger partial charge is 0.387 e. The summed E-state index contributed by atoms with van der Waals surface area (Å²) in [6.07, 6.45) is 5.55. The molecule has 2 unspecified atom stereocenters. The number of nitrogens with one attached hydrogen (secondary N) is 2. The summed E-state index contributed by atoms with van der Waals surface area (Å²) >= 11 is 0. The molecule has 0 spiro atoms. The van der Waals surface area contributed by atoms with Gasteiger partial charge >= 0.3 is 6.61 Å². The second-order valence-corrected chi connectivity index (χ2v) is 8.00. The van der Waals surface area contributed by atoms with Crippen molar-refractivity contribution in [3.63, 3.8) is 0 Å². The Labute approximate surface area is 209 Å². The van der Waals surface area contributed by atoms with Gasteiger partial charge in [0.25, 0.3) is 0 Å². The number of furan rings is 1. The maximum Gasteiger partial charge on any atom is 0.387 e. The van der Waals surface area contributed by atoms with Gasteiger partial charge in [-0.2, -0.15) is 8.78 Å². The first kappa shape index (κ1) is 25.5. The zero-order chi connectivity index (χ0) is 22.2. The van der Waals surface area contributed by atoms with E-state index in [1.54, 1.807) is 18.4 Å². The SMILES string of the molecule is FC(F)Oc1ccccc1N1CCC(NC(=NCC2CCCO2)NCCc2ccco2)C1.I.